The van der Waals surface area contributed by atoms with Crippen molar-refractivity contribution in [1.29, 1.82) is 0 Å². The minimum atomic E-state index is 0.158. The first-order valence-electron chi connectivity index (χ1n) is 5.13. The Hall–Kier alpha value is -1.55. The van der Waals surface area contributed by atoms with E-state index in [0.717, 1.165) is 21.1 Å². The summed E-state index contributed by atoms with van der Waals surface area (Å²) in [5.41, 5.74) is 1.78. The van der Waals surface area contributed by atoms with Crippen LogP contribution in [0.25, 0.3) is 10.6 Å². The molecule has 2 heterocycles. The number of hydrogen-bond acceptors (Lipinski definition) is 4. The summed E-state index contributed by atoms with van der Waals surface area (Å²) < 4.78 is 0. The molecule has 0 amide bonds. The molecule has 3 nitrogen and oxygen atoms in total. The van der Waals surface area contributed by atoms with Gasteiger partial charge in [-0.3, -0.25) is 9.78 Å². The molecule has 0 atom stereocenters. The van der Waals surface area contributed by atoms with E-state index in [0.29, 0.717) is 6.42 Å². The molecule has 82 valence electrons. The lowest BCUT2D eigenvalue weighted by Crippen LogP contribution is -1.94. The van der Waals surface area contributed by atoms with Crippen LogP contribution in [0.2, 0.25) is 0 Å². The fourth-order valence-electron chi connectivity index (χ4n) is 1.43. The molecule has 0 unspecified atom stereocenters. The van der Waals surface area contributed by atoms with Crippen LogP contribution >= 0.6 is 11.3 Å². The molecule has 16 heavy (non-hydrogen) atoms. The number of thiazole rings is 1. The Balaban J connectivity index is 2.42. The molecule has 0 aromatic carbocycles. The predicted octanol–water partition coefficient (Wildman–Crippen LogP) is 3.11. The molecule has 4 heteroatoms. The van der Waals surface area contributed by atoms with Crippen LogP contribution in [0.5, 0.6) is 0 Å². The number of carbonyl (C=O) groups excluding carboxylic acids is 1. The van der Waals surface area contributed by atoms with Crippen LogP contribution in [0.4, 0.5) is 0 Å². The third-order valence-electron chi connectivity index (χ3n) is 2.28. The van der Waals surface area contributed by atoms with Crippen LogP contribution in [-0.2, 0) is 0 Å². The zero-order valence-electron chi connectivity index (χ0n) is 9.23. The van der Waals surface area contributed by atoms with Gasteiger partial charge in [0.15, 0.2) is 5.78 Å². The van der Waals surface area contributed by atoms with E-state index in [1.165, 1.54) is 11.3 Å². The maximum Gasteiger partial charge on any atom is 0.174 e. The minimum Gasteiger partial charge on any atom is -0.293 e. The van der Waals surface area contributed by atoms with Crippen LogP contribution in [0, 0.1) is 6.92 Å². The van der Waals surface area contributed by atoms with Crippen molar-refractivity contribution in [2.75, 3.05) is 0 Å². The number of aromatic nitrogens is 2. The van der Waals surface area contributed by atoms with Gasteiger partial charge in [-0.2, -0.15) is 0 Å². The summed E-state index contributed by atoms with van der Waals surface area (Å²) in [5.74, 6) is 0.158. The van der Waals surface area contributed by atoms with E-state index in [-0.39, 0.29) is 5.78 Å². The third kappa shape index (κ3) is 2.02. The molecule has 0 spiro atoms. The van der Waals surface area contributed by atoms with E-state index in [4.69, 9.17) is 0 Å². The van der Waals surface area contributed by atoms with Crippen LogP contribution in [0.15, 0.2) is 24.5 Å². The first kappa shape index (κ1) is 11.0. The molecule has 0 saturated carbocycles. The van der Waals surface area contributed by atoms with Gasteiger partial charge >= 0.3 is 0 Å². The van der Waals surface area contributed by atoms with Crippen molar-refractivity contribution < 1.29 is 4.79 Å². The Morgan fingerprint density at radius 1 is 1.50 bits per heavy atom. The fraction of sp³-hybridized carbons (Fsp3) is 0.250. The van der Waals surface area contributed by atoms with Crippen molar-refractivity contribution in [3.05, 3.63) is 35.1 Å². The highest BCUT2D eigenvalue weighted by molar-refractivity contribution is 7.17. The van der Waals surface area contributed by atoms with Crippen LogP contribution in [0.1, 0.15) is 28.7 Å². The number of ketones is 1. The van der Waals surface area contributed by atoms with Crippen LogP contribution < -0.4 is 0 Å². The summed E-state index contributed by atoms with van der Waals surface area (Å²) in [6.45, 7) is 3.74. The largest absolute Gasteiger partial charge is 0.293 e. The zero-order chi connectivity index (χ0) is 11.5. The highest BCUT2D eigenvalue weighted by Gasteiger charge is 2.14. The predicted molar refractivity (Wildman–Crippen MR) is 64.7 cm³/mol. The van der Waals surface area contributed by atoms with E-state index >= 15 is 0 Å². The number of aryl methyl sites for hydroxylation is 1. The maximum atomic E-state index is 11.6. The fourth-order valence-corrected chi connectivity index (χ4v) is 2.49. The molecule has 0 aliphatic carbocycles. The molecule has 2 aromatic heterocycles. The lowest BCUT2D eigenvalue weighted by atomic mass is 10.2. The van der Waals surface area contributed by atoms with Gasteiger partial charge in [-0.1, -0.05) is 6.92 Å². The van der Waals surface area contributed by atoms with Gasteiger partial charge in [0.25, 0.3) is 0 Å². The van der Waals surface area contributed by atoms with Crippen LogP contribution in [0.3, 0.4) is 0 Å². The van der Waals surface area contributed by atoms with E-state index < -0.39 is 0 Å². The number of rotatable bonds is 3. The maximum absolute atomic E-state index is 11.6. The topological polar surface area (TPSA) is 42.9 Å². The summed E-state index contributed by atoms with van der Waals surface area (Å²) in [4.78, 5) is 20.9. The molecule has 0 N–H and O–H groups in total. The Morgan fingerprint density at radius 3 is 2.94 bits per heavy atom. The molecular formula is C12H12N2OS. The lowest BCUT2D eigenvalue weighted by molar-refractivity contribution is 0.0991. The average molecular weight is 232 g/mol. The highest BCUT2D eigenvalue weighted by atomic mass is 32.1. The van der Waals surface area contributed by atoms with Crippen molar-refractivity contribution in [3.8, 4) is 10.6 Å². The van der Waals surface area contributed by atoms with Gasteiger partial charge in [-0.15, -0.1) is 11.3 Å². The summed E-state index contributed by atoms with van der Waals surface area (Å²) in [7, 11) is 0. The zero-order valence-corrected chi connectivity index (χ0v) is 10.0. The molecule has 0 radical (unpaired) electrons. The number of pyridine rings is 1. The van der Waals surface area contributed by atoms with Crippen molar-refractivity contribution in [2.24, 2.45) is 0 Å². The molecule has 0 aliphatic rings. The average Bonchev–Trinajstić information content (AvgIpc) is 2.71. The summed E-state index contributed by atoms with van der Waals surface area (Å²) in [6.07, 6.45) is 4.01. The van der Waals surface area contributed by atoms with Crippen molar-refractivity contribution in [3.63, 3.8) is 0 Å². The third-order valence-corrected chi connectivity index (χ3v) is 3.53. The normalized spacial score (nSPS) is 10.4. The first-order valence-corrected chi connectivity index (χ1v) is 5.95. The molecule has 0 saturated heterocycles. The van der Waals surface area contributed by atoms with Crippen molar-refractivity contribution >= 4 is 17.1 Å². The summed E-state index contributed by atoms with van der Waals surface area (Å²) >= 11 is 1.44. The highest BCUT2D eigenvalue weighted by Crippen LogP contribution is 2.27. The Kier molecular flexibility index (Phi) is 3.10. The van der Waals surface area contributed by atoms with E-state index in [1.807, 2.05) is 26.0 Å². The Morgan fingerprint density at radius 2 is 2.31 bits per heavy atom. The molecule has 0 bridgehead atoms. The first-order chi connectivity index (χ1) is 7.72. The number of Topliss-reactive ketones (excluding diaryl/α,β-unsaturated/α-hetero) is 1. The number of carbonyl (C=O) groups is 1. The molecule has 2 aromatic rings. The van der Waals surface area contributed by atoms with Gasteiger partial charge in [-0.05, 0) is 19.1 Å². The molecular weight excluding hydrogens is 220 g/mol. The second-order valence-corrected chi connectivity index (χ2v) is 4.45. The van der Waals surface area contributed by atoms with Gasteiger partial charge in [0.2, 0.25) is 0 Å². The second kappa shape index (κ2) is 4.53. The Bertz CT molecular complexity index is 505. The monoisotopic (exact) mass is 232 g/mol. The number of nitrogens with zero attached hydrogens (tertiary/aromatic N) is 2. The Labute approximate surface area is 98.2 Å². The van der Waals surface area contributed by atoms with E-state index in [9.17, 15) is 4.79 Å². The minimum absolute atomic E-state index is 0.158. The van der Waals surface area contributed by atoms with Gasteiger partial charge in [-0.25, -0.2) is 4.98 Å². The molecule has 0 fully saturated rings. The SMILES string of the molecule is CCC(=O)c1sc(-c2cccnc2)nc1C. The van der Waals surface area contributed by atoms with Gasteiger partial charge < -0.3 is 0 Å². The summed E-state index contributed by atoms with van der Waals surface area (Å²) in [6, 6.07) is 3.82. The smallest absolute Gasteiger partial charge is 0.174 e. The van der Waals surface area contributed by atoms with Gasteiger partial charge in [0, 0.05) is 24.4 Å². The van der Waals surface area contributed by atoms with E-state index in [2.05, 4.69) is 9.97 Å². The molecule has 0 aliphatic heterocycles. The van der Waals surface area contributed by atoms with Gasteiger partial charge in [0.05, 0.1) is 10.6 Å². The van der Waals surface area contributed by atoms with E-state index in [1.54, 1.807) is 12.4 Å². The standard InChI is InChI=1S/C12H12N2OS/c1-3-10(15)11-8(2)14-12(16-11)9-5-4-6-13-7-9/h4-7H,3H2,1-2H3. The summed E-state index contributed by atoms with van der Waals surface area (Å²) in [5, 5.41) is 0.863. The number of hydrogen-bond donors (Lipinski definition) is 0. The lowest BCUT2D eigenvalue weighted by Gasteiger charge is -1.92. The van der Waals surface area contributed by atoms with Gasteiger partial charge in [0.1, 0.15) is 5.01 Å². The van der Waals surface area contributed by atoms with Crippen molar-refractivity contribution in [2.45, 2.75) is 20.3 Å². The molecule has 2 rings (SSSR count). The quantitative estimate of drug-likeness (QED) is 0.764. The second-order valence-electron chi connectivity index (χ2n) is 3.45. The van der Waals surface area contributed by atoms with Crippen LogP contribution in [-0.4, -0.2) is 15.8 Å². The van der Waals surface area contributed by atoms with Crippen molar-refractivity contribution in [1.82, 2.24) is 9.97 Å².